The van der Waals surface area contributed by atoms with Gasteiger partial charge in [0.15, 0.2) is 5.11 Å². The molecule has 0 fully saturated rings. The Balaban J connectivity index is 2.05. The standard InChI is InChI=1S/C21H20F3N3O2S/c1-13-17(19(28)26(2)3)18(14-9-11-16(12-10-14)29-21(22,23)24)25-20(30)27(13)15-7-5-4-6-8-15/h4-12,18H,1-3H3,(H,25,30). The summed E-state index contributed by atoms with van der Waals surface area (Å²) in [6.07, 6.45) is -4.77. The Kier molecular flexibility index (Phi) is 6.02. The first kappa shape index (κ1) is 21.6. The van der Waals surface area contributed by atoms with Gasteiger partial charge in [0.2, 0.25) is 0 Å². The van der Waals surface area contributed by atoms with Crippen LogP contribution in [0.4, 0.5) is 18.9 Å². The molecule has 30 heavy (non-hydrogen) atoms. The van der Waals surface area contributed by atoms with E-state index in [-0.39, 0.29) is 11.7 Å². The fraction of sp³-hybridized carbons (Fsp3) is 0.238. The summed E-state index contributed by atoms with van der Waals surface area (Å²) in [5.41, 5.74) is 2.47. The number of alkyl halides is 3. The lowest BCUT2D eigenvalue weighted by Gasteiger charge is -2.38. The van der Waals surface area contributed by atoms with Crippen LogP contribution >= 0.6 is 12.2 Å². The maximum atomic E-state index is 13.0. The molecule has 1 unspecified atom stereocenters. The van der Waals surface area contributed by atoms with Crippen molar-refractivity contribution in [3.05, 3.63) is 71.4 Å². The van der Waals surface area contributed by atoms with Crippen LogP contribution in [0.25, 0.3) is 0 Å². The number of likely N-dealkylation sites (N-methyl/N-ethyl adjacent to an activating group) is 1. The van der Waals surface area contributed by atoms with Crippen molar-refractivity contribution in [3.63, 3.8) is 0 Å². The van der Waals surface area contributed by atoms with Crippen molar-refractivity contribution >= 4 is 28.9 Å². The molecule has 1 aliphatic rings. The first-order valence-electron chi connectivity index (χ1n) is 9.02. The molecule has 5 nitrogen and oxygen atoms in total. The van der Waals surface area contributed by atoms with Crippen molar-refractivity contribution in [2.24, 2.45) is 0 Å². The number of carbonyl (C=O) groups is 1. The quantitative estimate of drug-likeness (QED) is 0.722. The van der Waals surface area contributed by atoms with Gasteiger partial charge >= 0.3 is 6.36 Å². The molecular weight excluding hydrogens is 415 g/mol. The third-order valence-corrected chi connectivity index (χ3v) is 4.88. The maximum absolute atomic E-state index is 13.0. The number of ether oxygens (including phenoxy) is 1. The lowest BCUT2D eigenvalue weighted by atomic mass is 9.93. The molecule has 9 heteroatoms. The second-order valence-corrected chi connectivity index (χ2v) is 7.26. The van der Waals surface area contributed by atoms with E-state index >= 15 is 0 Å². The Hall–Kier alpha value is -3.07. The van der Waals surface area contributed by atoms with Crippen LogP contribution in [0.1, 0.15) is 18.5 Å². The summed E-state index contributed by atoms with van der Waals surface area (Å²) in [5.74, 6) is -0.569. The van der Waals surface area contributed by atoms with E-state index in [9.17, 15) is 18.0 Å². The van der Waals surface area contributed by atoms with Gasteiger partial charge < -0.3 is 15.0 Å². The predicted octanol–water partition coefficient (Wildman–Crippen LogP) is 4.38. The van der Waals surface area contributed by atoms with Gasteiger partial charge in [-0.1, -0.05) is 30.3 Å². The van der Waals surface area contributed by atoms with Crippen LogP contribution in [0, 0.1) is 0 Å². The van der Waals surface area contributed by atoms with Gasteiger partial charge in [-0.05, 0) is 49.0 Å². The van der Waals surface area contributed by atoms with Crippen molar-refractivity contribution in [1.82, 2.24) is 10.2 Å². The number of hydrogen-bond acceptors (Lipinski definition) is 3. The van der Waals surface area contributed by atoms with Crippen molar-refractivity contribution in [2.45, 2.75) is 19.3 Å². The molecule has 0 saturated carbocycles. The van der Waals surface area contributed by atoms with E-state index in [0.717, 1.165) is 5.69 Å². The predicted molar refractivity (Wildman–Crippen MR) is 112 cm³/mol. The normalized spacial score (nSPS) is 16.9. The SMILES string of the molecule is CC1=C(C(=O)N(C)C)C(c2ccc(OC(F)(F)F)cc2)NC(=S)N1c1ccccc1. The lowest BCUT2D eigenvalue weighted by molar-refractivity contribution is -0.274. The van der Waals surface area contributed by atoms with Gasteiger partial charge in [0.1, 0.15) is 5.75 Å². The molecule has 0 aromatic heterocycles. The van der Waals surface area contributed by atoms with Crippen LogP contribution in [0.2, 0.25) is 0 Å². The number of thiocarbonyl (C=S) groups is 1. The third-order valence-electron chi connectivity index (χ3n) is 4.58. The highest BCUT2D eigenvalue weighted by Crippen LogP contribution is 2.35. The van der Waals surface area contributed by atoms with Crippen LogP contribution < -0.4 is 15.0 Å². The molecular formula is C21H20F3N3O2S. The zero-order valence-corrected chi connectivity index (χ0v) is 17.3. The Morgan fingerprint density at radius 2 is 1.70 bits per heavy atom. The molecule has 3 rings (SSSR count). The zero-order valence-electron chi connectivity index (χ0n) is 16.5. The Morgan fingerprint density at radius 3 is 2.23 bits per heavy atom. The second-order valence-electron chi connectivity index (χ2n) is 6.87. The summed E-state index contributed by atoms with van der Waals surface area (Å²) in [4.78, 5) is 16.2. The number of benzene rings is 2. The van der Waals surface area contributed by atoms with Crippen LogP contribution in [0.15, 0.2) is 65.9 Å². The highest BCUT2D eigenvalue weighted by Gasteiger charge is 2.35. The zero-order chi connectivity index (χ0) is 22.1. The fourth-order valence-corrected chi connectivity index (χ4v) is 3.62. The summed E-state index contributed by atoms with van der Waals surface area (Å²) in [6, 6.07) is 14.1. The number of rotatable bonds is 4. The monoisotopic (exact) mass is 435 g/mol. The number of amides is 1. The first-order valence-corrected chi connectivity index (χ1v) is 9.43. The molecule has 0 aliphatic carbocycles. The Morgan fingerprint density at radius 1 is 1.10 bits per heavy atom. The van der Waals surface area contributed by atoms with E-state index < -0.39 is 12.4 Å². The maximum Gasteiger partial charge on any atom is 0.573 e. The first-order chi connectivity index (χ1) is 14.1. The number of hydrogen-bond donors (Lipinski definition) is 1. The van der Waals surface area contributed by atoms with Gasteiger partial charge in [0, 0.05) is 25.5 Å². The second kappa shape index (κ2) is 8.35. The molecule has 1 amide bonds. The van der Waals surface area contributed by atoms with E-state index in [1.54, 1.807) is 25.9 Å². The fourth-order valence-electron chi connectivity index (χ4n) is 3.26. The van der Waals surface area contributed by atoms with E-state index in [1.807, 2.05) is 30.3 Å². The molecule has 1 N–H and O–H groups in total. The van der Waals surface area contributed by atoms with Crippen LogP contribution in [-0.2, 0) is 4.79 Å². The van der Waals surface area contributed by atoms with Gasteiger partial charge in [-0.3, -0.25) is 9.69 Å². The Labute approximate surface area is 177 Å². The highest BCUT2D eigenvalue weighted by molar-refractivity contribution is 7.80. The summed E-state index contributed by atoms with van der Waals surface area (Å²) >= 11 is 5.55. The smallest absolute Gasteiger partial charge is 0.406 e. The number of carbonyl (C=O) groups excluding carboxylic acids is 1. The summed E-state index contributed by atoms with van der Waals surface area (Å²) in [6.45, 7) is 1.80. The summed E-state index contributed by atoms with van der Waals surface area (Å²) < 4.78 is 41.3. The van der Waals surface area contributed by atoms with Crippen molar-refractivity contribution in [1.29, 1.82) is 0 Å². The van der Waals surface area contributed by atoms with Gasteiger partial charge in [-0.15, -0.1) is 13.2 Å². The molecule has 1 aliphatic heterocycles. The van der Waals surface area contributed by atoms with Crippen LogP contribution in [0.5, 0.6) is 5.75 Å². The van der Waals surface area contributed by atoms with Gasteiger partial charge in [-0.25, -0.2) is 0 Å². The molecule has 2 aromatic carbocycles. The molecule has 1 atom stereocenters. The van der Waals surface area contributed by atoms with Crippen molar-refractivity contribution in [3.8, 4) is 5.75 Å². The van der Waals surface area contributed by atoms with Crippen molar-refractivity contribution in [2.75, 3.05) is 19.0 Å². The number of para-hydroxylation sites is 1. The molecule has 0 saturated heterocycles. The lowest BCUT2D eigenvalue weighted by Crippen LogP contribution is -2.49. The molecule has 0 bridgehead atoms. The van der Waals surface area contributed by atoms with Gasteiger partial charge in [-0.2, -0.15) is 0 Å². The molecule has 0 radical (unpaired) electrons. The average molecular weight is 435 g/mol. The van der Waals surface area contributed by atoms with Crippen molar-refractivity contribution < 1.29 is 22.7 Å². The molecule has 2 aromatic rings. The summed E-state index contributed by atoms with van der Waals surface area (Å²) in [5, 5.41) is 3.54. The number of halogens is 3. The summed E-state index contributed by atoms with van der Waals surface area (Å²) in [7, 11) is 3.28. The van der Waals surface area contributed by atoms with Crippen LogP contribution in [0.3, 0.4) is 0 Å². The number of anilines is 1. The van der Waals surface area contributed by atoms with Gasteiger partial charge in [0.25, 0.3) is 5.91 Å². The minimum Gasteiger partial charge on any atom is -0.406 e. The largest absolute Gasteiger partial charge is 0.573 e. The number of allylic oxidation sites excluding steroid dienone is 1. The van der Waals surface area contributed by atoms with E-state index in [1.165, 1.54) is 29.2 Å². The Bertz CT molecular complexity index is 973. The molecule has 158 valence electrons. The van der Waals surface area contributed by atoms with E-state index in [2.05, 4.69) is 10.1 Å². The molecule has 0 spiro atoms. The molecule has 1 heterocycles. The minimum absolute atomic E-state index is 0.232. The topological polar surface area (TPSA) is 44.8 Å². The minimum atomic E-state index is -4.77. The van der Waals surface area contributed by atoms with Gasteiger partial charge in [0.05, 0.1) is 11.6 Å². The van der Waals surface area contributed by atoms with Crippen LogP contribution in [-0.4, -0.2) is 36.4 Å². The number of nitrogens with one attached hydrogen (secondary N) is 1. The number of nitrogens with zero attached hydrogens (tertiary/aromatic N) is 2. The highest BCUT2D eigenvalue weighted by atomic mass is 32.1. The van der Waals surface area contributed by atoms with E-state index in [4.69, 9.17) is 12.2 Å². The average Bonchev–Trinajstić information content (AvgIpc) is 2.67. The van der Waals surface area contributed by atoms with E-state index in [0.29, 0.717) is 21.9 Å². The third kappa shape index (κ3) is 4.56.